The van der Waals surface area contributed by atoms with Gasteiger partial charge in [-0.05, 0) is 32.4 Å². The molecule has 0 atom stereocenters. The van der Waals surface area contributed by atoms with Crippen LogP contribution < -0.4 is 0 Å². The molecule has 0 unspecified atom stereocenters. The number of carbonyl (C=O) groups is 1. The molecule has 100 valence electrons. The molecule has 0 N–H and O–H groups in total. The van der Waals surface area contributed by atoms with Crippen molar-refractivity contribution in [2.45, 2.75) is 25.5 Å². The van der Waals surface area contributed by atoms with E-state index in [1.54, 1.807) is 0 Å². The van der Waals surface area contributed by atoms with Crippen molar-refractivity contribution in [1.29, 1.82) is 0 Å². The van der Waals surface area contributed by atoms with E-state index < -0.39 is 37.6 Å². The van der Waals surface area contributed by atoms with Crippen LogP contribution in [0.4, 0.5) is 8.78 Å². The van der Waals surface area contributed by atoms with Crippen LogP contribution in [0.15, 0.2) is 12.1 Å². The van der Waals surface area contributed by atoms with Crippen LogP contribution in [0.1, 0.15) is 29.8 Å². The van der Waals surface area contributed by atoms with Crippen molar-refractivity contribution in [3.63, 3.8) is 0 Å². The maximum atomic E-state index is 13.8. The third-order valence-electron chi connectivity index (χ3n) is 2.99. The third kappa shape index (κ3) is 2.29. The van der Waals surface area contributed by atoms with Gasteiger partial charge in [-0.2, -0.15) is 0 Å². The summed E-state index contributed by atoms with van der Waals surface area (Å²) in [5.74, 6) is -3.15. The molecular weight excluding hydrogens is 262 g/mol. The van der Waals surface area contributed by atoms with Gasteiger partial charge in [-0.15, -0.1) is 0 Å². The summed E-state index contributed by atoms with van der Waals surface area (Å²) in [4.78, 5) is 12.0. The number of carbonyl (C=O) groups excluding carboxylic acids is 1. The van der Waals surface area contributed by atoms with Crippen LogP contribution in [0.5, 0.6) is 0 Å². The second-order valence-electron chi connectivity index (χ2n) is 4.66. The summed E-state index contributed by atoms with van der Waals surface area (Å²) < 4.78 is 48.5. The van der Waals surface area contributed by atoms with Crippen molar-refractivity contribution < 1.29 is 22.0 Å². The molecular formula is C12H14F2O3S. The molecule has 0 amide bonds. The standard InChI is InChI=1S/C12H14F2O3S/c1-7-5-6-8(13)9(10(7)14)11(15)12(2,3)18(4,16)17/h5-6H,1-4H3. The average molecular weight is 276 g/mol. The van der Waals surface area contributed by atoms with Gasteiger partial charge in [0, 0.05) is 6.26 Å². The first kappa shape index (κ1) is 14.8. The first-order valence-corrected chi connectivity index (χ1v) is 7.08. The van der Waals surface area contributed by atoms with Gasteiger partial charge in [-0.1, -0.05) is 6.07 Å². The monoisotopic (exact) mass is 276 g/mol. The van der Waals surface area contributed by atoms with Crippen LogP contribution in [-0.4, -0.2) is 25.2 Å². The number of hydrogen-bond donors (Lipinski definition) is 0. The lowest BCUT2D eigenvalue weighted by molar-refractivity contribution is 0.0945. The topological polar surface area (TPSA) is 51.2 Å². The number of aryl methyl sites for hydroxylation is 1. The Morgan fingerprint density at radius 3 is 2.17 bits per heavy atom. The van der Waals surface area contributed by atoms with Crippen molar-refractivity contribution in [2.75, 3.05) is 6.26 Å². The molecule has 6 heteroatoms. The molecule has 0 aromatic heterocycles. The highest BCUT2D eigenvalue weighted by Gasteiger charge is 2.41. The van der Waals surface area contributed by atoms with Crippen molar-refractivity contribution in [3.8, 4) is 0 Å². The highest BCUT2D eigenvalue weighted by molar-refractivity contribution is 7.92. The molecule has 0 aliphatic rings. The second-order valence-corrected chi connectivity index (χ2v) is 7.23. The second kappa shape index (κ2) is 4.42. The minimum atomic E-state index is -3.78. The number of sulfone groups is 1. The van der Waals surface area contributed by atoms with Crippen molar-refractivity contribution in [1.82, 2.24) is 0 Å². The van der Waals surface area contributed by atoms with E-state index in [1.165, 1.54) is 13.0 Å². The smallest absolute Gasteiger partial charge is 0.189 e. The molecule has 0 saturated heterocycles. The number of halogens is 2. The third-order valence-corrected chi connectivity index (χ3v) is 5.02. The zero-order chi connectivity index (χ0) is 14.3. The molecule has 0 radical (unpaired) electrons. The summed E-state index contributed by atoms with van der Waals surface area (Å²) in [7, 11) is -3.78. The largest absolute Gasteiger partial charge is 0.292 e. The predicted octanol–water partition coefficient (Wildman–Crippen LogP) is 2.28. The van der Waals surface area contributed by atoms with Gasteiger partial charge in [-0.3, -0.25) is 4.79 Å². The van der Waals surface area contributed by atoms with Gasteiger partial charge in [0.2, 0.25) is 0 Å². The first-order chi connectivity index (χ1) is 8.00. The van der Waals surface area contributed by atoms with Crippen LogP contribution >= 0.6 is 0 Å². The number of rotatable bonds is 3. The predicted molar refractivity (Wildman–Crippen MR) is 64.3 cm³/mol. The summed E-state index contributed by atoms with van der Waals surface area (Å²) in [6.45, 7) is 3.64. The molecule has 0 aliphatic carbocycles. The lowest BCUT2D eigenvalue weighted by Crippen LogP contribution is -2.41. The Balaban J connectivity index is 3.51. The number of hydrogen-bond acceptors (Lipinski definition) is 3. The van der Waals surface area contributed by atoms with Crippen molar-refractivity contribution in [2.24, 2.45) is 0 Å². The van der Waals surface area contributed by atoms with E-state index in [0.29, 0.717) is 0 Å². The minimum absolute atomic E-state index is 0.0871. The molecule has 0 fully saturated rings. The van der Waals surface area contributed by atoms with E-state index in [2.05, 4.69) is 0 Å². The minimum Gasteiger partial charge on any atom is -0.292 e. The fourth-order valence-electron chi connectivity index (χ4n) is 1.33. The quantitative estimate of drug-likeness (QED) is 0.796. The van der Waals surface area contributed by atoms with E-state index in [4.69, 9.17) is 0 Å². The normalized spacial score (nSPS) is 12.6. The molecule has 1 aromatic carbocycles. The average Bonchev–Trinajstić information content (AvgIpc) is 2.22. The molecule has 0 bridgehead atoms. The maximum absolute atomic E-state index is 13.8. The Kier molecular flexibility index (Phi) is 3.63. The van der Waals surface area contributed by atoms with E-state index in [9.17, 15) is 22.0 Å². The molecule has 3 nitrogen and oxygen atoms in total. The zero-order valence-electron chi connectivity index (χ0n) is 10.5. The Morgan fingerprint density at radius 2 is 1.72 bits per heavy atom. The fraction of sp³-hybridized carbons (Fsp3) is 0.417. The SMILES string of the molecule is Cc1ccc(F)c(C(=O)C(C)(C)S(C)(=O)=O)c1F. The molecule has 1 aromatic rings. The number of benzene rings is 1. The molecule has 0 heterocycles. The summed E-state index contributed by atoms with van der Waals surface area (Å²) in [6.07, 6.45) is 0.858. The first-order valence-electron chi connectivity index (χ1n) is 5.19. The summed E-state index contributed by atoms with van der Waals surface area (Å²) in [5.41, 5.74) is -0.713. The number of Topliss-reactive ketones (excluding diaryl/α,β-unsaturated/α-hetero) is 1. The Bertz CT molecular complexity index is 604. The van der Waals surface area contributed by atoms with Crippen LogP contribution in [0.3, 0.4) is 0 Å². The lowest BCUT2D eigenvalue weighted by atomic mass is 9.97. The van der Waals surface area contributed by atoms with Gasteiger partial charge in [0.25, 0.3) is 0 Å². The molecule has 1 rings (SSSR count). The van der Waals surface area contributed by atoms with Gasteiger partial charge in [0.15, 0.2) is 15.6 Å². The van der Waals surface area contributed by atoms with Gasteiger partial charge >= 0.3 is 0 Å². The highest BCUT2D eigenvalue weighted by Crippen LogP contribution is 2.26. The molecule has 0 spiro atoms. The van der Waals surface area contributed by atoms with E-state index >= 15 is 0 Å². The van der Waals surface area contributed by atoms with Gasteiger partial charge < -0.3 is 0 Å². The Labute approximate surface area is 105 Å². The van der Waals surface area contributed by atoms with Crippen LogP contribution in [0.2, 0.25) is 0 Å². The van der Waals surface area contributed by atoms with Crippen LogP contribution in [0, 0.1) is 18.6 Å². The van der Waals surface area contributed by atoms with E-state index in [1.807, 2.05) is 0 Å². The number of ketones is 1. The van der Waals surface area contributed by atoms with E-state index in [-0.39, 0.29) is 5.56 Å². The van der Waals surface area contributed by atoms with Gasteiger partial charge in [-0.25, -0.2) is 17.2 Å². The summed E-state index contributed by atoms with van der Waals surface area (Å²) in [5, 5.41) is 0. The Morgan fingerprint density at radius 1 is 1.22 bits per heavy atom. The van der Waals surface area contributed by atoms with Crippen LogP contribution in [-0.2, 0) is 9.84 Å². The highest BCUT2D eigenvalue weighted by atomic mass is 32.2. The van der Waals surface area contributed by atoms with E-state index in [0.717, 1.165) is 26.2 Å². The summed E-state index contributed by atoms with van der Waals surface area (Å²) >= 11 is 0. The van der Waals surface area contributed by atoms with Gasteiger partial charge in [0.1, 0.15) is 16.4 Å². The van der Waals surface area contributed by atoms with Crippen molar-refractivity contribution in [3.05, 3.63) is 34.9 Å². The maximum Gasteiger partial charge on any atom is 0.189 e. The lowest BCUT2D eigenvalue weighted by Gasteiger charge is -2.21. The zero-order valence-corrected chi connectivity index (χ0v) is 11.4. The fourth-order valence-corrected chi connectivity index (χ4v) is 1.77. The summed E-state index contributed by atoms with van der Waals surface area (Å²) in [6, 6.07) is 2.14. The van der Waals surface area contributed by atoms with Crippen molar-refractivity contribution >= 4 is 15.6 Å². The molecule has 0 aliphatic heterocycles. The van der Waals surface area contributed by atoms with Gasteiger partial charge in [0.05, 0.1) is 5.56 Å². The molecule has 0 saturated carbocycles. The van der Waals surface area contributed by atoms with Crippen LogP contribution in [0.25, 0.3) is 0 Å². The molecule has 18 heavy (non-hydrogen) atoms. The Hall–Kier alpha value is -1.30.